The zero-order valence-corrected chi connectivity index (χ0v) is 8.13. The molecule has 0 aromatic carbocycles. The smallest absolute Gasteiger partial charge is 0.240 e. The summed E-state index contributed by atoms with van der Waals surface area (Å²) in [5, 5.41) is 0. The van der Waals surface area contributed by atoms with E-state index < -0.39 is 0 Å². The minimum absolute atomic E-state index is 0.243. The van der Waals surface area contributed by atoms with E-state index in [-0.39, 0.29) is 5.92 Å². The molecule has 0 bridgehead atoms. The highest BCUT2D eigenvalue weighted by Gasteiger charge is 2.12. The van der Waals surface area contributed by atoms with Gasteiger partial charge in [-0.2, -0.15) is 4.99 Å². The van der Waals surface area contributed by atoms with E-state index in [9.17, 15) is 4.79 Å². The molecule has 1 aromatic heterocycles. The standard InChI is InChI=1S/C10H13NO2/c1-4-8-5-9(11-6-12)10(13-8)7(2)3/h5,7H,4H2,1-3H3. The topological polar surface area (TPSA) is 42.6 Å². The Balaban J connectivity index is 3.14. The summed E-state index contributed by atoms with van der Waals surface area (Å²) in [4.78, 5) is 13.7. The SMILES string of the molecule is CCc1cc(N=C=O)c(C(C)C)o1. The van der Waals surface area contributed by atoms with Crippen molar-refractivity contribution in [1.29, 1.82) is 0 Å². The van der Waals surface area contributed by atoms with E-state index in [1.165, 1.54) is 6.08 Å². The predicted molar refractivity (Wildman–Crippen MR) is 50.0 cm³/mol. The number of hydrogen-bond donors (Lipinski definition) is 0. The predicted octanol–water partition coefficient (Wildman–Crippen LogP) is 2.93. The van der Waals surface area contributed by atoms with Crippen LogP contribution < -0.4 is 0 Å². The Bertz CT molecular complexity index is 333. The fourth-order valence-corrected chi connectivity index (χ4v) is 1.17. The van der Waals surface area contributed by atoms with Gasteiger partial charge in [0.05, 0.1) is 0 Å². The molecule has 70 valence electrons. The van der Waals surface area contributed by atoms with Crippen molar-refractivity contribution in [2.75, 3.05) is 0 Å². The maximum absolute atomic E-state index is 10.1. The summed E-state index contributed by atoms with van der Waals surface area (Å²) in [5.41, 5.74) is 0.613. The molecule has 0 radical (unpaired) electrons. The summed E-state index contributed by atoms with van der Waals surface area (Å²) >= 11 is 0. The quantitative estimate of drug-likeness (QED) is 0.528. The first-order valence-corrected chi connectivity index (χ1v) is 4.39. The van der Waals surface area contributed by atoms with Crippen LogP contribution in [0.2, 0.25) is 0 Å². The van der Waals surface area contributed by atoms with Gasteiger partial charge in [0.1, 0.15) is 17.2 Å². The molecule has 0 saturated heterocycles. The third-order valence-corrected chi connectivity index (χ3v) is 1.83. The molecule has 0 atom stereocenters. The lowest BCUT2D eigenvalue weighted by molar-refractivity contribution is 0.452. The van der Waals surface area contributed by atoms with Crippen molar-refractivity contribution < 1.29 is 9.21 Å². The van der Waals surface area contributed by atoms with Crippen LogP contribution >= 0.6 is 0 Å². The summed E-state index contributed by atoms with van der Waals surface area (Å²) in [7, 11) is 0. The number of hydrogen-bond acceptors (Lipinski definition) is 3. The van der Waals surface area contributed by atoms with Gasteiger partial charge in [0, 0.05) is 18.4 Å². The summed E-state index contributed by atoms with van der Waals surface area (Å²) < 4.78 is 5.51. The van der Waals surface area contributed by atoms with Crippen molar-refractivity contribution >= 4 is 11.8 Å². The normalized spacial score (nSPS) is 10.2. The molecule has 13 heavy (non-hydrogen) atoms. The molecule has 0 amide bonds. The number of rotatable bonds is 3. The Hall–Kier alpha value is -1.34. The molecule has 0 aliphatic heterocycles. The Morgan fingerprint density at radius 3 is 2.77 bits per heavy atom. The second-order valence-electron chi connectivity index (χ2n) is 3.17. The minimum atomic E-state index is 0.243. The summed E-state index contributed by atoms with van der Waals surface area (Å²) in [6, 6.07) is 1.79. The van der Waals surface area contributed by atoms with Gasteiger partial charge < -0.3 is 4.42 Å². The first-order chi connectivity index (χ1) is 6.19. The summed E-state index contributed by atoms with van der Waals surface area (Å²) in [6.07, 6.45) is 2.35. The third kappa shape index (κ3) is 2.07. The second kappa shape index (κ2) is 4.06. The van der Waals surface area contributed by atoms with Crippen LogP contribution in [0, 0.1) is 0 Å². The van der Waals surface area contributed by atoms with Gasteiger partial charge in [-0.25, -0.2) is 4.79 Å². The highest BCUT2D eigenvalue weighted by Crippen LogP contribution is 2.30. The van der Waals surface area contributed by atoms with Gasteiger partial charge in [-0.3, -0.25) is 0 Å². The molecule has 0 aliphatic rings. The lowest BCUT2D eigenvalue weighted by atomic mass is 10.1. The zero-order valence-electron chi connectivity index (χ0n) is 8.13. The molecular weight excluding hydrogens is 166 g/mol. The van der Waals surface area contributed by atoms with Crippen LogP contribution in [0.4, 0.5) is 5.69 Å². The third-order valence-electron chi connectivity index (χ3n) is 1.83. The molecular formula is C10H13NO2. The van der Waals surface area contributed by atoms with Crippen LogP contribution in [-0.2, 0) is 11.2 Å². The van der Waals surface area contributed by atoms with Gasteiger partial charge in [-0.1, -0.05) is 20.8 Å². The van der Waals surface area contributed by atoms with Gasteiger partial charge in [0.15, 0.2) is 0 Å². The van der Waals surface area contributed by atoms with E-state index in [0.29, 0.717) is 5.69 Å². The first kappa shape index (κ1) is 9.75. The number of furan rings is 1. The van der Waals surface area contributed by atoms with E-state index >= 15 is 0 Å². The maximum atomic E-state index is 10.1. The molecule has 1 aromatic rings. The van der Waals surface area contributed by atoms with Crippen LogP contribution in [0.3, 0.4) is 0 Å². The highest BCUT2D eigenvalue weighted by molar-refractivity contribution is 5.52. The van der Waals surface area contributed by atoms with Crippen LogP contribution in [0.1, 0.15) is 38.2 Å². The second-order valence-corrected chi connectivity index (χ2v) is 3.17. The average molecular weight is 179 g/mol. The van der Waals surface area contributed by atoms with E-state index in [2.05, 4.69) is 4.99 Å². The molecule has 0 N–H and O–H groups in total. The molecule has 0 saturated carbocycles. The Morgan fingerprint density at radius 1 is 1.62 bits per heavy atom. The lowest BCUT2D eigenvalue weighted by Gasteiger charge is -1.99. The lowest BCUT2D eigenvalue weighted by Crippen LogP contribution is -1.82. The molecule has 0 aliphatic carbocycles. The van der Waals surface area contributed by atoms with Crippen LogP contribution in [0.25, 0.3) is 0 Å². The average Bonchev–Trinajstić information content (AvgIpc) is 2.48. The van der Waals surface area contributed by atoms with Crippen molar-refractivity contribution in [2.24, 2.45) is 4.99 Å². The van der Waals surface area contributed by atoms with E-state index in [0.717, 1.165) is 17.9 Å². The van der Waals surface area contributed by atoms with Crippen molar-refractivity contribution in [3.8, 4) is 0 Å². The summed E-state index contributed by atoms with van der Waals surface area (Å²) in [5.74, 6) is 1.87. The number of aliphatic imine (C=N–C) groups is 1. The van der Waals surface area contributed by atoms with Gasteiger partial charge in [0.2, 0.25) is 6.08 Å². The number of nitrogens with zero attached hydrogens (tertiary/aromatic N) is 1. The molecule has 1 rings (SSSR count). The Morgan fingerprint density at radius 2 is 2.31 bits per heavy atom. The fraction of sp³-hybridized carbons (Fsp3) is 0.500. The molecule has 3 nitrogen and oxygen atoms in total. The maximum Gasteiger partial charge on any atom is 0.240 e. The van der Waals surface area contributed by atoms with E-state index in [1.54, 1.807) is 6.07 Å². The van der Waals surface area contributed by atoms with Gasteiger partial charge >= 0.3 is 0 Å². The van der Waals surface area contributed by atoms with E-state index in [4.69, 9.17) is 4.42 Å². The highest BCUT2D eigenvalue weighted by atomic mass is 16.3. The van der Waals surface area contributed by atoms with Gasteiger partial charge in [-0.05, 0) is 0 Å². The van der Waals surface area contributed by atoms with Crippen molar-refractivity contribution in [1.82, 2.24) is 0 Å². The Kier molecular flexibility index (Phi) is 3.04. The Labute approximate surface area is 77.5 Å². The molecule has 0 spiro atoms. The van der Waals surface area contributed by atoms with Gasteiger partial charge in [-0.15, -0.1) is 0 Å². The largest absolute Gasteiger partial charge is 0.463 e. The van der Waals surface area contributed by atoms with Crippen LogP contribution in [0.5, 0.6) is 0 Å². The monoisotopic (exact) mass is 179 g/mol. The number of isocyanates is 1. The fourth-order valence-electron chi connectivity index (χ4n) is 1.17. The first-order valence-electron chi connectivity index (χ1n) is 4.39. The molecule has 1 heterocycles. The zero-order chi connectivity index (χ0) is 9.84. The van der Waals surface area contributed by atoms with Crippen molar-refractivity contribution in [3.05, 3.63) is 17.6 Å². The molecule has 0 unspecified atom stereocenters. The van der Waals surface area contributed by atoms with Crippen molar-refractivity contribution in [2.45, 2.75) is 33.1 Å². The van der Waals surface area contributed by atoms with Gasteiger partial charge in [0.25, 0.3) is 0 Å². The van der Waals surface area contributed by atoms with Crippen molar-refractivity contribution in [3.63, 3.8) is 0 Å². The molecule has 0 fully saturated rings. The number of carbonyl (C=O) groups excluding carboxylic acids is 1. The van der Waals surface area contributed by atoms with E-state index in [1.807, 2.05) is 20.8 Å². The summed E-state index contributed by atoms with van der Waals surface area (Å²) in [6.45, 7) is 6.00. The number of aryl methyl sites for hydroxylation is 1. The molecule has 3 heteroatoms. The minimum Gasteiger partial charge on any atom is -0.463 e. The van der Waals surface area contributed by atoms with Crippen LogP contribution in [0.15, 0.2) is 15.5 Å². The van der Waals surface area contributed by atoms with Crippen LogP contribution in [-0.4, -0.2) is 6.08 Å².